The van der Waals surface area contributed by atoms with E-state index in [0.29, 0.717) is 44.1 Å². The van der Waals surface area contributed by atoms with E-state index in [4.69, 9.17) is 5.73 Å². The molecule has 2 saturated carbocycles. The van der Waals surface area contributed by atoms with Crippen molar-refractivity contribution in [1.29, 1.82) is 0 Å². The molecule has 42 heavy (non-hydrogen) atoms. The SMILES string of the molecule is Cc1csc(CNC(=O)[C@H]2CN(C(=O)[C@@H](CCCCN)NC3CCCCC3)CC[C@H]2NC(O)N2CCC3(CC2)CC3)c1. The predicted octanol–water partition coefficient (Wildman–Crippen LogP) is 3.05. The molecule has 9 nitrogen and oxygen atoms in total. The Labute approximate surface area is 256 Å². The fraction of sp³-hybridized carbons (Fsp3) is 0.812. The average molecular weight is 603 g/mol. The molecular formula is C32H54N6O3S. The quantitative estimate of drug-likeness (QED) is 0.174. The molecule has 6 N–H and O–H groups in total. The van der Waals surface area contributed by atoms with Gasteiger partial charge in [0.2, 0.25) is 11.8 Å². The Morgan fingerprint density at radius 2 is 1.83 bits per heavy atom. The van der Waals surface area contributed by atoms with Gasteiger partial charge in [0.1, 0.15) is 0 Å². The van der Waals surface area contributed by atoms with Crippen molar-refractivity contribution in [3.05, 3.63) is 21.9 Å². The lowest BCUT2D eigenvalue weighted by Gasteiger charge is -2.43. The molecule has 1 aromatic heterocycles. The Morgan fingerprint density at radius 3 is 2.50 bits per heavy atom. The van der Waals surface area contributed by atoms with Crippen molar-refractivity contribution in [1.82, 2.24) is 25.8 Å². The summed E-state index contributed by atoms with van der Waals surface area (Å²) in [5, 5.41) is 23.6. The van der Waals surface area contributed by atoms with Crippen LogP contribution in [0.3, 0.4) is 0 Å². The average Bonchev–Trinajstić information content (AvgIpc) is 3.62. The van der Waals surface area contributed by atoms with Gasteiger partial charge in [0.25, 0.3) is 0 Å². The second kappa shape index (κ2) is 14.9. The molecule has 236 valence electrons. The number of piperidine rings is 2. The zero-order chi connectivity index (χ0) is 29.5. The van der Waals surface area contributed by atoms with Crippen LogP contribution in [0.15, 0.2) is 11.4 Å². The standard InChI is InChI=1S/C32H54N6O3S/c1-23-19-25(42-22-23)20-34-29(39)26-21-38(30(40)28(9-5-6-15-33)35-24-7-3-2-4-8-24)16-10-27(26)36-31(41)37-17-13-32(11-12-32)14-18-37/h19,22,24,26-28,31,35-36,41H,2-18,20-21,33H2,1H3,(H,34,39)/t26-,27+,28+,31?/m0/s1. The predicted molar refractivity (Wildman–Crippen MR) is 168 cm³/mol. The third kappa shape index (κ3) is 8.54. The molecule has 2 aliphatic carbocycles. The van der Waals surface area contributed by atoms with Gasteiger partial charge in [0.15, 0.2) is 6.35 Å². The van der Waals surface area contributed by atoms with E-state index in [0.717, 1.165) is 62.9 Å². The summed E-state index contributed by atoms with van der Waals surface area (Å²) in [4.78, 5) is 32.8. The Hall–Kier alpha value is -1.56. The zero-order valence-corrected chi connectivity index (χ0v) is 26.4. The van der Waals surface area contributed by atoms with E-state index < -0.39 is 12.3 Å². The van der Waals surface area contributed by atoms with E-state index in [1.165, 1.54) is 37.7 Å². The second-order valence-corrected chi connectivity index (χ2v) is 14.5. The molecule has 4 atom stereocenters. The lowest BCUT2D eigenvalue weighted by Crippen LogP contribution is -2.62. The highest BCUT2D eigenvalue weighted by Crippen LogP contribution is 2.53. The highest BCUT2D eigenvalue weighted by Gasteiger charge is 2.46. The number of nitrogens with one attached hydrogen (secondary N) is 3. The molecule has 0 aromatic carbocycles. The van der Waals surface area contributed by atoms with Gasteiger partial charge in [-0.05, 0) is 93.7 Å². The third-order valence-electron chi connectivity index (χ3n) is 10.3. The van der Waals surface area contributed by atoms with E-state index in [1.54, 1.807) is 11.3 Å². The van der Waals surface area contributed by atoms with Crippen molar-refractivity contribution >= 4 is 23.2 Å². The molecule has 0 radical (unpaired) electrons. The van der Waals surface area contributed by atoms with Gasteiger partial charge in [-0.3, -0.25) is 19.8 Å². The minimum Gasteiger partial charge on any atom is -0.365 e. The Morgan fingerprint density at radius 1 is 1.07 bits per heavy atom. The van der Waals surface area contributed by atoms with Crippen LogP contribution in [-0.4, -0.2) is 83.9 Å². The highest BCUT2D eigenvalue weighted by atomic mass is 32.1. The van der Waals surface area contributed by atoms with Crippen LogP contribution >= 0.6 is 11.3 Å². The molecule has 2 aliphatic heterocycles. The lowest BCUT2D eigenvalue weighted by molar-refractivity contribution is -0.140. The van der Waals surface area contributed by atoms with Gasteiger partial charge < -0.3 is 26.4 Å². The maximum atomic E-state index is 14.0. The smallest absolute Gasteiger partial charge is 0.239 e. The highest BCUT2D eigenvalue weighted by molar-refractivity contribution is 7.10. The van der Waals surface area contributed by atoms with Gasteiger partial charge in [-0.25, -0.2) is 0 Å². The first kappa shape index (κ1) is 31.9. The van der Waals surface area contributed by atoms with Crippen LogP contribution in [0.2, 0.25) is 0 Å². The number of aryl methyl sites for hydroxylation is 1. The van der Waals surface area contributed by atoms with Crippen molar-refractivity contribution in [2.45, 2.75) is 121 Å². The number of unbranched alkanes of at least 4 members (excludes halogenated alkanes) is 1. The number of rotatable bonds is 13. The van der Waals surface area contributed by atoms with Crippen LogP contribution in [0.1, 0.15) is 93.9 Å². The van der Waals surface area contributed by atoms with Crippen LogP contribution < -0.4 is 21.7 Å². The van der Waals surface area contributed by atoms with Crippen molar-refractivity contribution < 1.29 is 14.7 Å². The van der Waals surface area contributed by atoms with Crippen molar-refractivity contribution in [2.24, 2.45) is 17.1 Å². The number of aliphatic hydroxyl groups is 1. The summed E-state index contributed by atoms with van der Waals surface area (Å²) < 4.78 is 0. The topological polar surface area (TPSA) is 123 Å². The summed E-state index contributed by atoms with van der Waals surface area (Å²) in [6, 6.07) is 2.05. The van der Waals surface area contributed by atoms with Crippen molar-refractivity contribution in [3.63, 3.8) is 0 Å². The molecule has 2 amide bonds. The number of nitrogens with zero attached hydrogens (tertiary/aromatic N) is 2. The van der Waals surface area contributed by atoms with Gasteiger partial charge in [-0.15, -0.1) is 11.3 Å². The number of amides is 2. The molecule has 4 fully saturated rings. The molecule has 1 spiro atoms. The maximum Gasteiger partial charge on any atom is 0.239 e. The number of nitrogens with two attached hydrogens (primary N) is 1. The number of carbonyl (C=O) groups excluding carboxylic acids is 2. The molecular weight excluding hydrogens is 548 g/mol. The molecule has 5 rings (SSSR count). The van der Waals surface area contributed by atoms with E-state index in [2.05, 4.69) is 39.2 Å². The zero-order valence-electron chi connectivity index (χ0n) is 25.6. The minimum atomic E-state index is -0.777. The Kier molecular flexibility index (Phi) is 11.3. The summed E-state index contributed by atoms with van der Waals surface area (Å²) in [5.74, 6) is -0.384. The third-order valence-corrected chi connectivity index (χ3v) is 11.3. The van der Waals surface area contributed by atoms with Crippen LogP contribution in [0.25, 0.3) is 0 Å². The number of likely N-dealkylation sites (tertiary alicyclic amines) is 2. The largest absolute Gasteiger partial charge is 0.365 e. The summed E-state index contributed by atoms with van der Waals surface area (Å²) in [6.07, 6.45) is 13.3. The first-order chi connectivity index (χ1) is 20.4. The van der Waals surface area contributed by atoms with Crippen LogP contribution in [0.5, 0.6) is 0 Å². The summed E-state index contributed by atoms with van der Waals surface area (Å²) in [5.41, 5.74) is 7.51. The fourth-order valence-electron chi connectivity index (χ4n) is 7.27. The number of thiophene rings is 1. The van der Waals surface area contributed by atoms with Crippen molar-refractivity contribution in [2.75, 3.05) is 32.7 Å². The number of hydrogen-bond donors (Lipinski definition) is 5. The second-order valence-electron chi connectivity index (χ2n) is 13.5. The maximum absolute atomic E-state index is 14.0. The molecule has 4 aliphatic rings. The Bertz CT molecular complexity index is 1020. The van der Waals surface area contributed by atoms with Gasteiger partial charge in [0.05, 0.1) is 18.5 Å². The fourth-order valence-corrected chi connectivity index (χ4v) is 8.08. The lowest BCUT2D eigenvalue weighted by atomic mass is 9.89. The summed E-state index contributed by atoms with van der Waals surface area (Å²) >= 11 is 1.65. The summed E-state index contributed by atoms with van der Waals surface area (Å²) in [6.45, 7) is 5.89. The van der Waals surface area contributed by atoms with Crippen LogP contribution in [0, 0.1) is 18.3 Å². The monoisotopic (exact) mass is 602 g/mol. The van der Waals surface area contributed by atoms with Crippen LogP contribution in [-0.2, 0) is 16.1 Å². The van der Waals surface area contributed by atoms with E-state index in [9.17, 15) is 14.7 Å². The Balaban J connectivity index is 1.24. The number of aliphatic hydroxyl groups excluding tert-OH is 1. The molecule has 2 saturated heterocycles. The van der Waals surface area contributed by atoms with Gasteiger partial charge in [0, 0.05) is 43.1 Å². The molecule has 10 heteroatoms. The number of carbonyl (C=O) groups is 2. The van der Waals surface area contributed by atoms with Crippen LogP contribution in [0.4, 0.5) is 0 Å². The number of hydrogen-bond acceptors (Lipinski definition) is 8. The van der Waals surface area contributed by atoms with Gasteiger partial charge in [-0.2, -0.15) is 0 Å². The van der Waals surface area contributed by atoms with E-state index in [1.807, 2.05) is 4.90 Å². The minimum absolute atomic E-state index is 0.0567. The molecule has 3 heterocycles. The van der Waals surface area contributed by atoms with Gasteiger partial charge >= 0.3 is 0 Å². The molecule has 1 unspecified atom stereocenters. The van der Waals surface area contributed by atoms with Crippen molar-refractivity contribution in [3.8, 4) is 0 Å². The van der Waals surface area contributed by atoms with Gasteiger partial charge in [-0.1, -0.05) is 25.7 Å². The molecule has 1 aromatic rings. The molecule has 0 bridgehead atoms. The first-order valence-electron chi connectivity index (χ1n) is 16.6. The van der Waals surface area contributed by atoms with E-state index in [-0.39, 0.29) is 23.9 Å². The van der Waals surface area contributed by atoms with E-state index >= 15 is 0 Å². The normalized spacial score (nSPS) is 26.2. The first-order valence-corrected chi connectivity index (χ1v) is 17.5. The summed E-state index contributed by atoms with van der Waals surface area (Å²) in [7, 11) is 0.